The molecule has 1 unspecified atom stereocenters. The number of aryl methyl sites for hydroxylation is 1. The highest BCUT2D eigenvalue weighted by Gasteiger charge is 2.40. The van der Waals surface area contributed by atoms with Crippen molar-refractivity contribution in [1.82, 2.24) is 0 Å². The van der Waals surface area contributed by atoms with Gasteiger partial charge in [-0.05, 0) is 32.8 Å². The van der Waals surface area contributed by atoms with Crippen LogP contribution in [0.1, 0.15) is 31.4 Å². The summed E-state index contributed by atoms with van der Waals surface area (Å²) < 4.78 is 24.0. The Morgan fingerprint density at radius 2 is 2.00 bits per heavy atom. The van der Waals surface area contributed by atoms with Crippen molar-refractivity contribution in [2.75, 3.05) is 12.3 Å². The molecule has 1 atom stereocenters. The van der Waals surface area contributed by atoms with E-state index >= 15 is 0 Å². The lowest BCUT2D eigenvalue weighted by molar-refractivity contribution is -0.143. The third-order valence-corrected chi connectivity index (χ3v) is 6.07. The van der Waals surface area contributed by atoms with Crippen LogP contribution in [0.4, 0.5) is 0 Å². The second-order valence-electron chi connectivity index (χ2n) is 5.63. The number of nitrogens with two attached hydrogens (primary N) is 1. The predicted molar refractivity (Wildman–Crippen MR) is 83.1 cm³/mol. The van der Waals surface area contributed by atoms with Gasteiger partial charge in [0, 0.05) is 6.54 Å². The number of rotatable bonds is 7. The number of benzene rings is 1. The second-order valence-corrected chi connectivity index (χ2v) is 8.30. The maximum atomic E-state index is 12.0. The van der Waals surface area contributed by atoms with Crippen LogP contribution in [0.5, 0.6) is 0 Å². The van der Waals surface area contributed by atoms with Crippen LogP contribution < -0.4 is 5.73 Å². The van der Waals surface area contributed by atoms with Gasteiger partial charge in [-0.3, -0.25) is 4.79 Å². The van der Waals surface area contributed by atoms with E-state index in [1.807, 2.05) is 13.0 Å². The Morgan fingerprint density at radius 3 is 2.43 bits per heavy atom. The standard InChI is InChI=1S/C15H23NO4S/c1-11(2)21(19,20)8-7-15(10-16,14(17)18)13-6-4-5-12(3)9-13/h4-6,9,11H,7-8,10,16H2,1-3H3,(H,17,18). The topological polar surface area (TPSA) is 97.5 Å². The Bertz CT molecular complexity index is 610. The quantitative estimate of drug-likeness (QED) is 0.795. The zero-order chi connectivity index (χ0) is 16.3. The van der Waals surface area contributed by atoms with Crippen LogP contribution in [-0.2, 0) is 20.0 Å². The average molecular weight is 313 g/mol. The summed E-state index contributed by atoms with van der Waals surface area (Å²) in [5.41, 5.74) is 5.82. The molecule has 0 saturated carbocycles. The molecule has 6 heteroatoms. The lowest BCUT2D eigenvalue weighted by atomic mass is 9.77. The molecule has 0 aromatic heterocycles. The molecule has 0 saturated heterocycles. The molecular formula is C15H23NO4S. The maximum absolute atomic E-state index is 12.0. The number of hydrogen-bond donors (Lipinski definition) is 2. The van der Waals surface area contributed by atoms with Crippen molar-refractivity contribution in [3.05, 3.63) is 35.4 Å². The van der Waals surface area contributed by atoms with Gasteiger partial charge in [0.25, 0.3) is 0 Å². The largest absolute Gasteiger partial charge is 0.481 e. The van der Waals surface area contributed by atoms with Crippen LogP contribution in [0.25, 0.3) is 0 Å². The van der Waals surface area contributed by atoms with E-state index in [0.717, 1.165) is 5.56 Å². The minimum absolute atomic E-state index is 0.0250. The van der Waals surface area contributed by atoms with E-state index in [1.165, 1.54) is 0 Å². The SMILES string of the molecule is Cc1cccc(C(CN)(CCS(=O)(=O)C(C)C)C(=O)O)c1. The minimum Gasteiger partial charge on any atom is -0.481 e. The third-order valence-electron chi connectivity index (χ3n) is 3.86. The van der Waals surface area contributed by atoms with Crippen molar-refractivity contribution in [2.24, 2.45) is 5.73 Å². The lowest BCUT2D eigenvalue weighted by Crippen LogP contribution is -2.44. The Hall–Kier alpha value is -1.40. The minimum atomic E-state index is -3.31. The van der Waals surface area contributed by atoms with Crippen molar-refractivity contribution >= 4 is 15.8 Å². The number of carboxylic acid groups (broad SMARTS) is 1. The molecule has 1 aromatic rings. The molecule has 3 N–H and O–H groups in total. The zero-order valence-electron chi connectivity index (χ0n) is 12.7. The van der Waals surface area contributed by atoms with Crippen molar-refractivity contribution in [2.45, 2.75) is 37.9 Å². The molecule has 118 valence electrons. The molecule has 0 bridgehead atoms. The van der Waals surface area contributed by atoms with Crippen molar-refractivity contribution < 1.29 is 18.3 Å². The van der Waals surface area contributed by atoms with Crippen molar-refractivity contribution in [1.29, 1.82) is 0 Å². The van der Waals surface area contributed by atoms with Crippen LogP contribution in [0, 0.1) is 6.92 Å². The van der Waals surface area contributed by atoms with E-state index in [1.54, 1.807) is 32.0 Å². The molecule has 0 heterocycles. The molecule has 0 amide bonds. The van der Waals surface area contributed by atoms with Crippen LogP contribution >= 0.6 is 0 Å². The summed E-state index contributed by atoms with van der Waals surface area (Å²) in [5.74, 6) is -1.28. The lowest BCUT2D eigenvalue weighted by Gasteiger charge is -2.29. The summed E-state index contributed by atoms with van der Waals surface area (Å²) in [7, 11) is -3.31. The number of aliphatic carboxylic acids is 1. The Kier molecular flexibility index (Phi) is 5.53. The number of sulfone groups is 1. The van der Waals surface area contributed by atoms with Gasteiger partial charge in [-0.15, -0.1) is 0 Å². The normalized spacial score (nSPS) is 14.9. The Morgan fingerprint density at radius 1 is 1.38 bits per heavy atom. The van der Waals surface area contributed by atoms with Gasteiger partial charge < -0.3 is 10.8 Å². The third kappa shape index (κ3) is 3.83. The van der Waals surface area contributed by atoms with Gasteiger partial charge in [0.1, 0.15) is 5.41 Å². The van der Waals surface area contributed by atoms with E-state index in [4.69, 9.17) is 5.73 Å². The molecule has 0 aliphatic rings. The molecule has 1 rings (SSSR count). The van der Waals surface area contributed by atoms with Crippen molar-refractivity contribution in [3.8, 4) is 0 Å². The van der Waals surface area contributed by atoms with Crippen LogP contribution in [-0.4, -0.2) is 37.0 Å². The fourth-order valence-corrected chi connectivity index (χ4v) is 3.28. The maximum Gasteiger partial charge on any atom is 0.315 e. The van der Waals surface area contributed by atoms with Crippen LogP contribution in [0.2, 0.25) is 0 Å². The highest BCUT2D eigenvalue weighted by molar-refractivity contribution is 7.91. The number of hydrogen-bond acceptors (Lipinski definition) is 4. The monoisotopic (exact) mass is 313 g/mol. The van der Waals surface area contributed by atoms with Crippen molar-refractivity contribution in [3.63, 3.8) is 0 Å². The Labute approximate surface area is 126 Å². The van der Waals surface area contributed by atoms with E-state index in [2.05, 4.69) is 0 Å². The summed E-state index contributed by atoms with van der Waals surface area (Å²) in [5, 5.41) is 9.10. The fourth-order valence-electron chi connectivity index (χ4n) is 2.18. The van der Waals surface area contributed by atoms with Gasteiger partial charge in [-0.1, -0.05) is 29.8 Å². The van der Waals surface area contributed by atoms with Gasteiger partial charge in [0.2, 0.25) is 0 Å². The molecule has 5 nitrogen and oxygen atoms in total. The summed E-state index contributed by atoms with van der Waals surface area (Å²) in [6.07, 6.45) is -0.0250. The first-order valence-electron chi connectivity index (χ1n) is 6.88. The molecular weight excluding hydrogens is 290 g/mol. The van der Waals surface area contributed by atoms with Crippen LogP contribution in [0.15, 0.2) is 24.3 Å². The molecule has 0 spiro atoms. The van der Waals surface area contributed by atoms with E-state index in [0.29, 0.717) is 5.56 Å². The molecule has 0 aliphatic carbocycles. The average Bonchev–Trinajstić information content (AvgIpc) is 2.39. The summed E-state index contributed by atoms with van der Waals surface area (Å²) in [6.45, 7) is 4.90. The molecule has 21 heavy (non-hydrogen) atoms. The van der Waals surface area contributed by atoms with Crippen LogP contribution in [0.3, 0.4) is 0 Å². The summed E-state index contributed by atoms with van der Waals surface area (Å²) in [6, 6.07) is 7.06. The number of carboxylic acids is 1. The zero-order valence-corrected chi connectivity index (χ0v) is 13.5. The Balaban J connectivity index is 3.20. The van der Waals surface area contributed by atoms with Gasteiger partial charge in [0.15, 0.2) is 9.84 Å². The first-order chi connectivity index (χ1) is 9.65. The first-order valence-corrected chi connectivity index (χ1v) is 8.59. The molecule has 0 radical (unpaired) electrons. The predicted octanol–water partition coefficient (Wildman–Crippen LogP) is 1.49. The van der Waals surface area contributed by atoms with E-state index in [9.17, 15) is 18.3 Å². The van der Waals surface area contributed by atoms with Gasteiger partial charge in [-0.2, -0.15) is 0 Å². The molecule has 0 fully saturated rings. The first kappa shape index (κ1) is 17.7. The van der Waals surface area contributed by atoms with Gasteiger partial charge >= 0.3 is 5.97 Å². The second kappa shape index (κ2) is 6.58. The highest BCUT2D eigenvalue weighted by Crippen LogP contribution is 2.29. The number of carbonyl (C=O) groups is 1. The summed E-state index contributed by atoms with van der Waals surface area (Å²) >= 11 is 0. The fraction of sp³-hybridized carbons (Fsp3) is 0.533. The molecule has 1 aromatic carbocycles. The van der Waals surface area contributed by atoms with Gasteiger partial charge in [0.05, 0.1) is 11.0 Å². The summed E-state index contributed by atoms with van der Waals surface area (Å²) in [4.78, 5) is 11.8. The smallest absolute Gasteiger partial charge is 0.315 e. The highest BCUT2D eigenvalue weighted by atomic mass is 32.2. The van der Waals surface area contributed by atoms with E-state index < -0.39 is 26.5 Å². The van der Waals surface area contributed by atoms with E-state index in [-0.39, 0.29) is 18.7 Å². The van der Waals surface area contributed by atoms with Gasteiger partial charge in [-0.25, -0.2) is 8.42 Å². The molecule has 0 aliphatic heterocycles.